The van der Waals surface area contributed by atoms with Gasteiger partial charge in [0.2, 0.25) is 0 Å². The molecule has 1 aromatic carbocycles. The van der Waals surface area contributed by atoms with Gasteiger partial charge in [0.1, 0.15) is 0 Å². The van der Waals surface area contributed by atoms with E-state index in [-0.39, 0.29) is 6.04 Å². The monoisotopic (exact) mass is 311 g/mol. The fourth-order valence-corrected chi connectivity index (χ4v) is 2.83. The van der Waals surface area contributed by atoms with E-state index in [1.165, 1.54) is 34.0 Å². The highest BCUT2D eigenvalue weighted by Crippen LogP contribution is 2.27. The molecule has 2 unspecified atom stereocenters. The largest absolute Gasteiger partial charge is 0.378 e. The van der Waals surface area contributed by atoms with Crippen molar-refractivity contribution in [2.24, 2.45) is 5.73 Å². The quantitative estimate of drug-likeness (QED) is 0.911. The lowest BCUT2D eigenvalue weighted by Crippen LogP contribution is -2.14. The van der Waals surface area contributed by atoms with Gasteiger partial charge >= 0.3 is 0 Å². The van der Waals surface area contributed by atoms with Crippen LogP contribution in [0.4, 0.5) is 0 Å². The number of benzene rings is 1. The van der Waals surface area contributed by atoms with Gasteiger partial charge in [-0.15, -0.1) is 0 Å². The molecule has 3 heteroatoms. The van der Waals surface area contributed by atoms with Crippen LogP contribution in [0.15, 0.2) is 16.6 Å². The van der Waals surface area contributed by atoms with E-state index in [1.54, 1.807) is 0 Å². The molecule has 0 radical (unpaired) electrons. The highest BCUT2D eigenvalue weighted by atomic mass is 79.9. The van der Waals surface area contributed by atoms with E-state index in [1.807, 2.05) is 0 Å². The first kappa shape index (κ1) is 14.0. The van der Waals surface area contributed by atoms with Gasteiger partial charge in [-0.05, 0) is 56.2 Å². The first-order valence-electron chi connectivity index (χ1n) is 6.71. The SMILES string of the molecule is Cc1cc(C(N)CCC2CCCO2)cc(C)c1Br. The number of halogens is 1. The Morgan fingerprint density at radius 1 is 1.39 bits per heavy atom. The van der Waals surface area contributed by atoms with Gasteiger partial charge in [-0.3, -0.25) is 0 Å². The van der Waals surface area contributed by atoms with Gasteiger partial charge in [0, 0.05) is 17.1 Å². The van der Waals surface area contributed by atoms with Crippen molar-refractivity contribution in [2.45, 2.75) is 51.7 Å². The van der Waals surface area contributed by atoms with Gasteiger partial charge in [-0.1, -0.05) is 28.1 Å². The third-order valence-electron chi connectivity index (χ3n) is 3.71. The van der Waals surface area contributed by atoms with Crippen LogP contribution in [-0.4, -0.2) is 12.7 Å². The van der Waals surface area contributed by atoms with Gasteiger partial charge in [0.15, 0.2) is 0 Å². The average Bonchev–Trinajstić information content (AvgIpc) is 2.85. The summed E-state index contributed by atoms with van der Waals surface area (Å²) in [6, 6.07) is 4.51. The second-order valence-electron chi connectivity index (χ2n) is 5.29. The predicted octanol–water partition coefficient (Wildman–Crippen LogP) is 4.02. The van der Waals surface area contributed by atoms with Crippen molar-refractivity contribution in [1.82, 2.24) is 0 Å². The predicted molar refractivity (Wildman–Crippen MR) is 78.8 cm³/mol. The van der Waals surface area contributed by atoms with Crippen LogP contribution in [0.5, 0.6) is 0 Å². The van der Waals surface area contributed by atoms with Crippen LogP contribution in [0.3, 0.4) is 0 Å². The highest BCUT2D eigenvalue weighted by Gasteiger charge is 2.17. The van der Waals surface area contributed by atoms with Crippen molar-refractivity contribution in [2.75, 3.05) is 6.61 Å². The Labute approximate surface area is 118 Å². The molecule has 1 saturated heterocycles. The Balaban J connectivity index is 1.97. The Bertz CT molecular complexity index is 390. The summed E-state index contributed by atoms with van der Waals surface area (Å²) in [5.41, 5.74) is 10.1. The van der Waals surface area contributed by atoms with Gasteiger partial charge in [-0.2, -0.15) is 0 Å². The topological polar surface area (TPSA) is 35.2 Å². The van der Waals surface area contributed by atoms with Crippen LogP contribution < -0.4 is 5.73 Å². The molecule has 0 saturated carbocycles. The average molecular weight is 312 g/mol. The Morgan fingerprint density at radius 2 is 2.06 bits per heavy atom. The maximum atomic E-state index is 6.29. The summed E-state index contributed by atoms with van der Waals surface area (Å²) >= 11 is 3.59. The van der Waals surface area contributed by atoms with Crippen LogP contribution in [0.2, 0.25) is 0 Å². The number of ether oxygens (including phenoxy) is 1. The molecule has 1 fully saturated rings. The van der Waals surface area contributed by atoms with Gasteiger partial charge in [0.05, 0.1) is 6.10 Å². The Morgan fingerprint density at radius 3 is 2.61 bits per heavy atom. The molecule has 2 atom stereocenters. The third-order valence-corrected chi connectivity index (χ3v) is 4.96. The molecule has 0 spiro atoms. The van der Waals surface area contributed by atoms with E-state index in [2.05, 4.69) is 41.9 Å². The summed E-state index contributed by atoms with van der Waals surface area (Å²) in [6.07, 6.45) is 4.93. The molecular formula is C15H22BrNO. The van der Waals surface area contributed by atoms with Crippen molar-refractivity contribution >= 4 is 15.9 Å². The van der Waals surface area contributed by atoms with Crippen molar-refractivity contribution < 1.29 is 4.74 Å². The molecule has 18 heavy (non-hydrogen) atoms. The van der Waals surface area contributed by atoms with Gasteiger partial charge < -0.3 is 10.5 Å². The minimum absolute atomic E-state index is 0.125. The zero-order valence-corrected chi connectivity index (χ0v) is 12.8. The Kier molecular flexibility index (Phi) is 4.82. The minimum atomic E-state index is 0.125. The lowest BCUT2D eigenvalue weighted by atomic mass is 9.97. The van der Waals surface area contributed by atoms with Crippen LogP contribution in [0.1, 0.15) is 48.4 Å². The van der Waals surface area contributed by atoms with E-state index in [4.69, 9.17) is 10.5 Å². The molecule has 0 amide bonds. The van der Waals surface area contributed by atoms with Crippen molar-refractivity contribution in [3.05, 3.63) is 33.3 Å². The molecule has 0 aliphatic carbocycles. The van der Waals surface area contributed by atoms with Crippen molar-refractivity contribution in [3.8, 4) is 0 Å². The summed E-state index contributed by atoms with van der Waals surface area (Å²) in [4.78, 5) is 0. The molecule has 1 aromatic rings. The standard InChI is InChI=1S/C15H22BrNO/c1-10-8-12(9-11(2)15(10)16)14(17)6-5-13-4-3-7-18-13/h8-9,13-14H,3-7,17H2,1-2H3. The second kappa shape index (κ2) is 6.18. The smallest absolute Gasteiger partial charge is 0.0576 e. The zero-order valence-electron chi connectivity index (χ0n) is 11.2. The summed E-state index contributed by atoms with van der Waals surface area (Å²) < 4.78 is 6.83. The number of hydrogen-bond acceptors (Lipinski definition) is 2. The maximum Gasteiger partial charge on any atom is 0.0576 e. The van der Waals surface area contributed by atoms with E-state index in [9.17, 15) is 0 Å². The Hall–Kier alpha value is -0.380. The first-order valence-corrected chi connectivity index (χ1v) is 7.51. The summed E-state index contributed by atoms with van der Waals surface area (Å²) in [7, 11) is 0. The minimum Gasteiger partial charge on any atom is -0.378 e. The maximum absolute atomic E-state index is 6.29. The van der Waals surface area contributed by atoms with Crippen LogP contribution in [0, 0.1) is 13.8 Å². The van der Waals surface area contributed by atoms with Crippen LogP contribution >= 0.6 is 15.9 Å². The number of aryl methyl sites for hydroxylation is 2. The first-order chi connectivity index (χ1) is 8.58. The number of rotatable bonds is 4. The van der Waals surface area contributed by atoms with Gasteiger partial charge in [-0.25, -0.2) is 0 Å². The van der Waals surface area contributed by atoms with Crippen LogP contribution in [0.25, 0.3) is 0 Å². The molecule has 1 heterocycles. The fraction of sp³-hybridized carbons (Fsp3) is 0.600. The molecule has 1 aliphatic rings. The highest BCUT2D eigenvalue weighted by molar-refractivity contribution is 9.10. The molecular weight excluding hydrogens is 290 g/mol. The molecule has 0 bridgehead atoms. The second-order valence-corrected chi connectivity index (χ2v) is 6.08. The van der Waals surface area contributed by atoms with Gasteiger partial charge in [0.25, 0.3) is 0 Å². The van der Waals surface area contributed by atoms with E-state index >= 15 is 0 Å². The van der Waals surface area contributed by atoms with Crippen molar-refractivity contribution in [3.63, 3.8) is 0 Å². The normalized spacial score (nSPS) is 21.2. The van der Waals surface area contributed by atoms with Crippen LogP contribution in [-0.2, 0) is 4.74 Å². The zero-order chi connectivity index (χ0) is 13.1. The van der Waals surface area contributed by atoms with E-state index < -0.39 is 0 Å². The third kappa shape index (κ3) is 3.34. The molecule has 2 nitrogen and oxygen atoms in total. The van der Waals surface area contributed by atoms with E-state index in [0.29, 0.717) is 6.10 Å². The lowest BCUT2D eigenvalue weighted by molar-refractivity contribution is 0.101. The summed E-state index contributed by atoms with van der Waals surface area (Å²) in [5, 5.41) is 0. The number of hydrogen-bond donors (Lipinski definition) is 1. The molecule has 2 N–H and O–H groups in total. The number of nitrogens with two attached hydrogens (primary N) is 1. The summed E-state index contributed by atoms with van der Waals surface area (Å²) in [5.74, 6) is 0. The molecule has 0 aromatic heterocycles. The van der Waals surface area contributed by atoms with E-state index in [0.717, 1.165) is 19.4 Å². The molecule has 2 rings (SSSR count). The fourth-order valence-electron chi connectivity index (χ4n) is 2.60. The molecule has 100 valence electrons. The van der Waals surface area contributed by atoms with Crippen molar-refractivity contribution in [1.29, 1.82) is 0 Å². The molecule has 1 aliphatic heterocycles. The summed E-state index contributed by atoms with van der Waals surface area (Å²) in [6.45, 7) is 5.16. The lowest BCUT2D eigenvalue weighted by Gasteiger charge is -2.17.